The van der Waals surface area contributed by atoms with Gasteiger partial charge in [0.05, 0.1) is 4.92 Å². The predicted octanol–water partition coefficient (Wildman–Crippen LogP) is 4.53. The minimum Gasteiger partial charge on any atom is -0.380 e. The quantitative estimate of drug-likeness (QED) is 0.471. The summed E-state index contributed by atoms with van der Waals surface area (Å²) in [4.78, 5) is 10.2. The molecule has 0 aliphatic rings. The lowest BCUT2D eigenvalue weighted by atomic mass is 10.3. The van der Waals surface area contributed by atoms with Crippen molar-refractivity contribution < 1.29 is 4.92 Å². The van der Waals surface area contributed by atoms with Gasteiger partial charge in [-0.25, -0.2) is 0 Å². The van der Waals surface area contributed by atoms with Crippen LogP contribution in [0.2, 0.25) is 5.02 Å². The molecule has 1 aromatic carbocycles. The predicted molar refractivity (Wildman–Crippen MR) is 82.5 cm³/mol. The van der Waals surface area contributed by atoms with E-state index in [0.29, 0.717) is 11.6 Å². The van der Waals surface area contributed by atoms with Crippen molar-refractivity contribution in [3.63, 3.8) is 0 Å². The van der Waals surface area contributed by atoms with Crippen LogP contribution in [0, 0.1) is 13.7 Å². The van der Waals surface area contributed by atoms with Crippen molar-refractivity contribution in [2.24, 2.45) is 0 Å². The van der Waals surface area contributed by atoms with E-state index in [-0.39, 0.29) is 9.92 Å². The highest BCUT2D eigenvalue weighted by atomic mass is 127. The Morgan fingerprint density at radius 2 is 2.22 bits per heavy atom. The molecule has 4 nitrogen and oxygen atoms in total. The fourth-order valence-corrected chi connectivity index (χ4v) is 3.17. The number of rotatable bonds is 4. The molecule has 0 unspecified atom stereocenters. The zero-order chi connectivity index (χ0) is 13.1. The van der Waals surface area contributed by atoms with E-state index in [1.165, 1.54) is 0 Å². The van der Waals surface area contributed by atoms with Crippen molar-refractivity contribution >= 4 is 56.2 Å². The van der Waals surface area contributed by atoms with Crippen LogP contribution in [0.1, 0.15) is 5.56 Å². The van der Waals surface area contributed by atoms with Gasteiger partial charge in [0.2, 0.25) is 0 Å². The van der Waals surface area contributed by atoms with E-state index in [9.17, 15) is 10.1 Å². The summed E-state index contributed by atoms with van der Waals surface area (Å²) in [7, 11) is 0. The van der Waals surface area contributed by atoms with Crippen LogP contribution in [0.5, 0.6) is 0 Å². The van der Waals surface area contributed by atoms with Crippen LogP contribution in [0.3, 0.4) is 0 Å². The first kappa shape index (κ1) is 13.6. The maximum atomic E-state index is 10.6. The Hall–Kier alpha value is -0.860. The second kappa shape index (κ2) is 5.85. The molecule has 0 aliphatic carbocycles. The molecule has 0 spiro atoms. The average Bonchev–Trinajstić information content (AvgIpc) is 2.76. The van der Waals surface area contributed by atoms with Crippen LogP contribution in [0.15, 0.2) is 29.6 Å². The van der Waals surface area contributed by atoms with E-state index >= 15 is 0 Å². The van der Waals surface area contributed by atoms with Crippen molar-refractivity contribution in [2.45, 2.75) is 6.54 Å². The number of hydrogen-bond acceptors (Lipinski definition) is 4. The lowest BCUT2D eigenvalue weighted by molar-refractivity contribution is -0.380. The van der Waals surface area contributed by atoms with Gasteiger partial charge in [-0.2, -0.15) is 0 Å². The van der Waals surface area contributed by atoms with Gasteiger partial charge in [0.25, 0.3) is 0 Å². The molecule has 18 heavy (non-hydrogen) atoms. The van der Waals surface area contributed by atoms with Crippen LogP contribution in [0.25, 0.3) is 0 Å². The van der Waals surface area contributed by atoms with Crippen LogP contribution in [-0.2, 0) is 6.54 Å². The lowest BCUT2D eigenvalue weighted by Gasteiger charge is -2.07. The van der Waals surface area contributed by atoms with E-state index in [2.05, 4.69) is 27.9 Å². The number of benzene rings is 1. The number of hydrogen-bond donors (Lipinski definition) is 1. The second-order valence-electron chi connectivity index (χ2n) is 3.53. The van der Waals surface area contributed by atoms with Gasteiger partial charge in [-0.1, -0.05) is 22.9 Å². The van der Waals surface area contributed by atoms with Crippen molar-refractivity contribution in [2.75, 3.05) is 5.32 Å². The maximum absolute atomic E-state index is 10.6. The van der Waals surface area contributed by atoms with Crippen molar-refractivity contribution in [1.29, 1.82) is 0 Å². The molecular formula is C11H8ClIN2O2S. The van der Waals surface area contributed by atoms with Crippen molar-refractivity contribution in [1.82, 2.24) is 0 Å². The zero-order valence-electron chi connectivity index (χ0n) is 9.02. The number of nitro groups is 1. The normalized spacial score (nSPS) is 10.3. The molecule has 2 aromatic rings. The smallest absolute Gasteiger partial charge is 0.324 e. The van der Waals surface area contributed by atoms with Crippen molar-refractivity contribution in [3.8, 4) is 0 Å². The summed E-state index contributed by atoms with van der Waals surface area (Å²) in [6, 6.07) is 7.15. The number of thiophene rings is 1. The second-order valence-corrected chi connectivity index (χ2v) is 6.02. The summed E-state index contributed by atoms with van der Waals surface area (Å²) >= 11 is 9.20. The average molecular weight is 395 g/mol. The molecule has 0 fully saturated rings. The van der Waals surface area contributed by atoms with E-state index in [0.717, 1.165) is 26.2 Å². The van der Waals surface area contributed by atoms with Gasteiger partial charge in [0.1, 0.15) is 0 Å². The molecule has 0 bridgehead atoms. The first-order valence-electron chi connectivity index (χ1n) is 4.97. The molecule has 7 heteroatoms. The van der Waals surface area contributed by atoms with Gasteiger partial charge in [-0.15, -0.1) is 0 Å². The fourth-order valence-electron chi connectivity index (χ4n) is 1.38. The zero-order valence-corrected chi connectivity index (χ0v) is 12.8. The molecule has 0 radical (unpaired) electrons. The third kappa shape index (κ3) is 3.33. The van der Waals surface area contributed by atoms with Gasteiger partial charge in [0, 0.05) is 32.3 Å². The third-order valence-corrected chi connectivity index (χ3v) is 4.29. The Balaban J connectivity index is 2.04. The number of nitrogens with one attached hydrogen (secondary N) is 1. The molecular weight excluding hydrogens is 387 g/mol. The van der Waals surface area contributed by atoms with Crippen molar-refractivity contribution in [3.05, 3.63) is 53.9 Å². The minimum atomic E-state index is -0.375. The lowest BCUT2D eigenvalue weighted by Crippen LogP contribution is -1.99. The summed E-state index contributed by atoms with van der Waals surface area (Å²) in [6.45, 7) is 0.558. The molecule has 0 aliphatic heterocycles. The monoisotopic (exact) mass is 394 g/mol. The Bertz CT molecular complexity index is 588. The van der Waals surface area contributed by atoms with Gasteiger partial charge in [0.15, 0.2) is 0 Å². The molecule has 0 saturated heterocycles. The van der Waals surface area contributed by atoms with Gasteiger partial charge < -0.3 is 5.32 Å². The molecule has 0 amide bonds. The summed E-state index contributed by atoms with van der Waals surface area (Å²) < 4.78 is 1.02. The summed E-state index contributed by atoms with van der Waals surface area (Å²) in [5.41, 5.74) is 1.87. The van der Waals surface area contributed by atoms with Crippen LogP contribution in [-0.4, -0.2) is 4.92 Å². The van der Waals surface area contributed by atoms with Gasteiger partial charge in [-0.3, -0.25) is 10.1 Å². The van der Waals surface area contributed by atoms with E-state index in [1.54, 1.807) is 11.4 Å². The molecule has 94 valence electrons. The molecule has 1 N–H and O–H groups in total. The maximum Gasteiger partial charge on any atom is 0.324 e. The number of anilines is 1. The summed E-state index contributed by atoms with van der Waals surface area (Å²) in [6.07, 6.45) is 0. The van der Waals surface area contributed by atoms with E-state index < -0.39 is 0 Å². The van der Waals surface area contributed by atoms with E-state index in [1.807, 2.05) is 18.2 Å². The molecule has 1 heterocycles. The van der Waals surface area contributed by atoms with Crippen LogP contribution in [0.4, 0.5) is 10.7 Å². The molecule has 0 atom stereocenters. The highest BCUT2D eigenvalue weighted by Gasteiger charge is 2.09. The summed E-state index contributed by atoms with van der Waals surface area (Å²) in [5, 5.41) is 16.4. The summed E-state index contributed by atoms with van der Waals surface area (Å²) in [5.74, 6) is 0. The Kier molecular flexibility index (Phi) is 4.41. The van der Waals surface area contributed by atoms with Gasteiger partial charge >= 0.3 is 5.00 Å². The Morgan fingerprint density at radius 1 is 1.44 bits per heavy atom. The van der Waals surface area contributed by atoms with E-state index in [4.69, 9.17) is 11.6 Å². The fraction of sp³-hybridized carbons (Fsp3) is 0.0909. The number of halogens is 2. The highest BCUT2D eigenvalue weighted by molar-refractivity contribution is 14.1. The molecule has 1 aromatic heterocycles. The highest BCUT2D eigenvalue weighted by Crippen LogP contribution is 2.25. The van der Waals surface area contributed by atoms with Crippen LogP contribution < -0.4 is 5.32 Å². The first-order chi connectivity index (χ1) is 8.56. The first-order valence-corrected chi connectivity index (χ1v) is 7.30. The minimum absolute atomic E-state index is 0.164. The Morgan fingerprint density at radius 3 is 2.83 bits per heavy atom. The topological polar surface area (TPSA) is 55.2 Å². The Labute approximate surface area is 126 Å². The van der Waals surface area contributed by atoms with Gasteiger partial charge in [-0.05, 0) is 46.4 Å². The van der Waals surface area contributed by atoms with Crippen LogP contribution >= 0.6 is 45.5 Å². The standard InChI is InChI=1S/C11H8ClIN2O2S/c12-8-1-2-10(9(13)4-8)14-5-7-3-11(15(16)17)18-6-7/h1-4,6,14H,5H2. The SMILES string of the molecule is O=[N+]([O-])c1cc(CNc2ccc(Cl)cc2I)cs1. The molecule has 2 rings (SSSR count). The molecule has 0 saturated carbocycles. The third-order valence-electron chi connectivity index (χ3n) is 2.23. The largest absolute Gasteiger partial charge is 0.380 e. The number of nitrogens with zero attached hydrogens (tertiary/aromatic N) is 1.